The van der Waals surface area contributed by atoms with Gasteiger partial charge in [-0.25, -0.2) is 12.8 Å². The molecule has 0 aromatic heterocycles. The average Bonchev–Trinajstić information content (AvgIpc) is 2.38. The molecule has 2 rings (SSSR count). The average molecular weight is 294 g/mol. The van der Waals surface area contributed by atoms with Crippen LogP contribution >= 0.6 is 0 Å². The highest BCUT2D eigenvalue weighted by atomic mass is 32.2. The van der Waals surface area contributed by atoms with Gasteiger partial charge in [0.15, 0.2) is 0 Å². The van der Waals surface area contributed by atoms with Crippen LogP contribution in [-0.4, -0.2) is 8.42 Å². The van der Waals surface area contributed by atoms with E-state index in [0.29, 0.717) is 5.69 Å². The van der Waals surface area contributed by atoms with Gasteiger partial charge < -0.3 is 5.73 Å². The first kappa shape index (κ1) is 14.5. The summed E-state index contributed by atoms with van der Waals surface area (Å²) in [4.78, 5) is -0.0131. The summed E-state index contributed by atoms with van der Waals surface area (Å²) in [6, 6.07) is 10.5. The number of hydrogen-bond acceptors (Lipinski definition) is 3. The summed E-state index contributed by atoms with van der Waals surface area (Å²) in [6.07, 6.45) is 0. The third-order valence-electron chi connectivity index (χ3n) is 2.82. The van der Waals surface area contributed by atoms with E-state index in [9.17, 15) is 12.8 Å². The van der Waals surface area contributed by atoms with E-state index < -0.39 is 15.8 Å². The number of aryl methyl sites for hydroxylation is 1. The van der Waals surface area contributed by atoms with Crippen LogP contribution in [0.15, 0.2) is 47.4 Å². The summed E-state index contributed by atoms with van der Waals surface area (Å²) in [7, 11) is -3.75. The lowest BCUT2D eigenvalue weighted by Crippen LogP contribution is -2.14. The Hall–Kier alpha value is -1.92. The summed E-state index contributed by atoms with van der Waals surface area (Å²) in [5.41, 5.74) is 6.94. The maximum atomic E-state index is 13.3. The Morgan fingerprint density at radius 3 is 2.60 bits per heavy atom. The summed E-state index contributed by atoms with van der Waals surface area (Å²) in [5, 5.41) is 0. The molecule has 106 valence electrons. The Morgan fingerprint density at radius 2 is 1.95 bits per heavy atom. The molecular formula is C14H15FN2O2S. The highest BCUT2D eigenvalue weighted by Gasteiger charge is 2.16. The highest BCUT2D eigenvalue weighted by molar-refractivity contribution is 7.92. The van der Waals surface area contributed by atoms with E-state index in [2.05, 4.69) is 4.72 Å². The van der Waals surface area contributed by atoms with Gasteiger partial charge >= 0.3 is 0 Å². The summed E-state index contributed by atoms with van der Waals surface area (Å²) in [5.74, 6) is -0.512. The summed E-state index contributed by atoms with van der Waals surface area (Å²) >= 11 is 0. The monoisotopic (exact) mass is 294 g/mol. The van der Waals surface area contributed by atoms with Crippen molar-refractivity contribution in [3.8, 4) is 0 Å². The fourth-order valence-corrected chi connectivity index (χ4v) is 2.90. The van der Waals surface area contributed by atoms with Crippen molar-refractivity contribution < 1.29 is 12.8 Å². The largest absolute Gasteiger partial charge is 0.326 e. The van der Waals surface area contributed by atoms with Crippen LogP contribution in [0.3, 0.4) is 0 Å². The summed E-state index contributed by atoms with van der Waals surface area (Å²) in [6.45, 7) is 1.81. The molecule has 20 heavy (non-hydrogen) atoms. The molecule has 0 unspecified atom stereocenters. The van der Waals surface area contributed by atoms with Gasteiger partial charge in [0.1, 0.15) is 5.82 Å². The van der Waals surface area contributed by atoms with Crippen molar-refractivity contribution in [2.75, 3.05) is 4.72 Å². The zero-order valence-corrected chi connectivity index (χ0v) is 11.7. The number of anilines is 1. The fourth-order valence-electron chi connectivity index (χ4n) is 1.80. The van der Waals surface area contributed by atoms with Crippen LogP contribution in [0, 0.1) is 12.7 Å². The van der Waals surface area contributed by atoms with Crippen LogP contribution in [0.25, 0.3) is 0 Å². The molecule has 0 bridgehead atoms. The molecule has 6 heteroatoms. The topological polar surface area (TPSA) is 72.2 Å². The number of nitrogens with two attached hydrogens (primary N) is 1. The van der Waals surface area contributed by atoms with Crippen LogP contribution in [0.5, 0.6) is 0 Å². The van der Waals surface area contributed by atoms with Crippen LogP contribution in [0.1, 0.15) is 11.1 Å². The van der Waals surface area contributed by atoms with Gasteiger partial charge in [0.2, 0.25) is 0 Å². The lowest BCUT2D eigenvalue weighted by atomic mass is 10.2. The van der Waals surface area contributed by atoms with Gasteiger partial charge in [-0.15, -0.1) is 0 Å². The predicted molar refractivity (Wildman–Crippen MR) is 76.3 cm³/mol. The molecule has 0 amide bonds. The van der Waals surface area contributed by atoms with E-state index in [1.807, 2.05) is 13.0 Å². The first-order valence-corrected chi connectivity index (χ1v) is 7.48. The molecular weight excluding hydrogens is 279 g/mol. The van der Waals surface area contributed by atoms with Crippen LogP contribution in [0.4, 0.5) is 10.1 Å². The maximum absolute atomic E-state index is 13.3. The van der Waals surface area contributed by atoms with Gasteiger partial charge in [-0.3, -0.25) is 4.72 Å². The highest BCUT2D eigenvalue weighted by Crippen LogP contribution is 2.19. The molecule has 0 aliphatic rings. The molecule has 3 N–H and O–H groups in total. The van der Waals surface area contributed by atoms with E-state index >= 15 is 0 Å². The third kappa shape index (κ3) is 3.15. The molecule has 0 spiro atoms. The zero-order valence-electron chi connectivity index (χ0n) is 10.9. The second-order valence-corrected chi connectivity index (χ2v) is 6.11. The van der Waals surface area contributed by atoms with Gasteiger partial charge in [-0.1, -0.05) is 12.1 Å². The van der Waals surface area contributed by atoms with Crippen LogP contribution < -0.4 is 10.5 Å². The Kier molecular flexibility index (Phi) is 4.06. The number of sulfonamides is 1. The van der Waals surface area contributed by atoms with E-state index in [1.54, 1.807) is 18.2 Å². The second-order valence-electron chi connectivity index (χ2n) is 4.43. The SMILES string of the molecule is Cc1cccc(NS(=O)(=O)c2ccc(F)c(CN)c2)c1. The molecule has 0 aliphatic heterocycles. The molecule has 0 aliphatic carbocycles. The molecule has 0 saturated carbocycles. The first-order valence-electron chi connectivity index (χ1n) is 6.00. The van der Waals surface area contributed by atoms with Crippen molar-refractivity contribution in [1.82, 2.24) is 0 Å². The second kappa shape index (κ2) is 5.60. The standard InChI is InChI=1S/C14H15FN2O2S/c1-10-3-2-4-12(7-10)17-20(18,19)13-5-6-14(15)11(8-13)9-16/h2-8,17H,9,16H2,1H3. The van der Waals surface area contributed by atoms with Crippen LogP contribution in [0.2, 0.25) is 0 Å². The number of nitrogens with one attached hydrogen (secondary N) is 1. The Balaban J connectivity index is 2.35. The zero-order chi connectivity index (χ0) is 14.8. The van der Waals surface area contributed by atoms with Gasteiger partial charge in [-0.05, 0) is 42.8 Å². The molecule has 2 aromatic carbocycles. The van der Waals surface area contributed by atoms with Gasteiger partial charge in [0.25, 0.3) is 10.0 Å². The molecule has 2 aromatic rings. The number of benzene rings is 2. The number of hydrogen-bond donors (Lipinski definition) is 2. The van der Waals surface area contributed by atoms with Crippen molar-refractivity contribution in [2.24, 2.45) is 5.73 Å². The third-order valence-corrected chi connectivity index (χ3v) is 4.20. The first-order chi connectivity index (χ1) is 9.42. The van der Waals surface area contributed by atoms with Gasteiger partial charge in [0, 0.05) is 17.8 Å². The van der Waals surface area contributed by atoms with E-state index in [1.165, 1.54) is 12.1 Å². The van der Waals surface area contributed by atoms with Crippen molar-refractivity contribution in [3.05, 3.63) is 59.4 Å². The minimum absolute atomic E-state index is 0.0131. The van der Waals surface area contributed by atoms with E-state index in [-0.39, 0.29) is 17.0 Å². The maximum Gasteiger partial charge on any atom is 0.261 e. The minimum atomic E-state index is -3.75. The van der Waals surface area contributed by atoms with E-state index in [4.69, 9.17) is 5.73 Å². The fraction of sp³-hybridized carbons (Fsp3) is 0.143. The Morgan fingerprint density at radius 1 is 1.20 bits per heavy atom. The van der Waals surface area contributed by atoms with Crippen LogP contribution in [-0.2, 0) is 16.6 Å². The van der Waals surface area contributed by atoms with Crippen molar-refractivity contribution in [3.63, 3.8) is 0 Å². The molecule has 4 nitrogen and oxygen atoms in total. The van der Waals surface area contributed by atoms with E-state index in [0.717, 1.165) is 11.6 Å². The molecule has 0 saturated heterocycles. The lowest BCUT2D eigenvalue weighted by Gasteiger charge is -2.10. The summed E-state index contributed by atoms with van der Waals surface area (Å²) < 4.78 is 40.2. The van der Waals surface area contributed by atoms with Gasteiger partial charge in [-0.2, -0.15) is 0 Å². The number of rotatable bonds is 4. The van der Waals surface area contributed by atoms with Gasteiger partial charge in [0.05, 0.1) is 4.90 Å². The number of halogens is 1. The van der Waals surface area contributed by atoms with Crippen molar-refractivity contribution >= 4 is 15.7 Å². The molecule has 0 atom stereocenters. The van der Waals surface area contributed by atoms with Crippen molar-refractivity contribution in [1.29, 1.82) is 0 Å². The molecule has 0 radical (unpaired) electrons. The van der Waals surface area contributed by atoms with Crippen molar-refractivity contribution in [2.45, 2.75) is 18.4 Å². The Bertz CT molecular complexity index is 730. The Labute approximate surface area is 117 Å². The lowest BCUT2D eigenvalue weighted by molar-refractivity contribution is 0.596. The molecule has 0 heterocycles. The molecule has 0 fully saturated rings. The quantitative estimate of drug-likeness (QED) is 0.909. The smallest absolute Gasteiger partial charge is 0.261 e. The predicted octanol–water partition coefficient (Wildman–Crippen LogP) is 2.39. The minimum Gasteiger partial charge on any atom is -0.326 e. The normalized spacial score (nSPS) is 11.3.